The van der Waals surface area contributed by atoms with Crippen LogP contribution >= 0.6 is 0 Å². The molecule has 1 aromatic carbocycles. The Balaban J connectivity index is -0.0000000756. The highest BCUT2D eigenvalue weighted by Crippen LogP contribution is 1.99. The molecule has 0 heterocycles. The van der Waals surface area contributed by atoms with Crippen molar-refractivity contribution in [3.05, 3.63) is 35.4 Å². The minimum absolute atomic E-state index is 0.417. The van der Waals surface area contributed by atoms with E-state index in [0.717, 1.165) is 19.1 Å². The minimum atomic E-state index is -1.13. The second-order valence-corrected chi connectivity index (χ2v) is 9.80. The van der Waals surface area contributed by atoms with Gasteiger partial charge >= 0.3 is 0 Å². The van der Waals surface area contributed by atoms with Crippen molar-refractivity contribution in [3.8, 4) is 12.3 Å². The number of ether oxygens (including phenoxy) is 1. The summed E-state index contributed by atoms with van der Waals surface area (Å²) in [5, 5.41) is 0. The number of aryl methyl sites for hydroxylation is 2. The summed E-state index contributed by atoms with van der Waals surface area (Å²) in [5.74, 6) is 3.08. The number of benzene rings is 1. The average molecular weight is 413 g/mol. The quantitative estimate of drug-likeness (QED) is 0.405. The zero-order valence-corrected chi connectivity index (χ0v) is 22.8. The molecular weight excluding hydrogens is 364 g/mol. The summed E-state index contributed by atoms with van der Waals surface area (Å²) >= 11 is 0. The summed E-state index contributed by atoms with van der Waals surface area (Å²) in [7, 11) is -0.713. The summed E-state index contributed by atoms with van der Waals surface area (Å²) in [5.41, 5.74) is 2.66. The van der Waals surface area contributed by atoms with Gasteiger partial charge < -0.3 is 9.20 Å². The maximum Gasteiger partial charge on any atom is 0.270 e. The van der Waals surface area contributed by atoms with Crippen LogP contribution in [0.4, 0.5) is 0 Å². The molecule has 0 saturated carbocycles. The molecule has 0 radical (unpaired) electrons. The Labute approximate surface area is 176 Å². The Morgan fingerprint density at radius 3 is 1.22 bits per heavy atom. The van der Waals surface area contributed by atoms with E-state index in [9.17, 15) is 4.46 Å². The highest BCUT2D eigenvalue weighted by atomic mass is 28.3. The van der Waals surface area contributed by atoms with Crippen LogP contribution in [-0.4, -0.2) is 31.4 Å². The van der Waals surface area contributed by atoms with Crippen LogP contribution < -0.4 is 0 Å². The second-order valence-electron chi connectivity index (χ2n) is 6.57. The molecule has 1 rings (SSSR count). The van der Waals surface area contributed by atoms with Gasteiger partial charge in [0.1, 0.15) is 0 Å². The largest absolute Gasteiger partial charge is 0.389 e. The fourth-order valence-electron chi connectivity index (χ4n) is 0.841. The Bertz CT molecular complexity index is 378. The van der Waals surface area contributed by atoms with E-state index < -0.39 is 8.68 Å². The lowest BCUT2D eigenvalue weighted by Crippen LogP contribution is -1.84. The van der Waals surface area contributed by atoms with Gasteiger partial charge in [-0.3, -0.25) is 0 Å². The molecule has 0 unspecified atom stereocenters. The van der Waals surface area contributed by atoms with Crippen LogP contribution in [0.5, 0.6) is 0 Å². The van der Waals surface area contributed by atoms with Gasteiger partial charge in [0.2, 0.25) is 0 Å². The van der Waals surface area contributed by atoms with E-state index in [1.165, 1.54) is 11.1 Å². The molecule has 27 heavy (non-hydrogen) atoms. The van der Waals surface area contributed by atoms with Crippen molar-refractivity contribution in [2.45, 2.75) is 81.6 Å². The van der Waals surface area contributed by atoms with Crippen molar-refractivity contribution in [1.29, 1.82) is 0 Å². The minimum Gasteiger partial charge on any atom is -0.389 e. The standard InChI is InChI=1S/C8H10.C4H10O.C4H10.C3H4.C2H6OSi.C2H8Si/c1-7-3-5-8(2)6-4-7;1-3-5-4-2;1-4(2)3;1-3-2;1-4(2)3;1-3-2/h3-6H,1-2H3;3-4H2,1-2H3;4H,1-3H3;1H,2H3;1-2H3;3H2,1-2H3. The maximum atomic E-state index is 9.63. The van der Waals surface area contributed by atoms with Crippen LogP contribution in [0.2, 0.25) is 26.2 Å². The topological polar surface area (TPSA) is 26.3 Å². The molecule has 160 valence electrons. The SMILES string of the molecule is C#CC.CC(C)C.CCOCC.C[SiH2]C.C[Si](C)=O.Cc1ccc(C)cc1. The molecule has 0 amide bonds. The van der Waals surface area contributed by atoms with E-state index in [1.807, 2.05) is 13.8 Å². The van der Waals surface area contributed by atoms with Crippen LogP contribution in [0, 0.1) is 32.1 Å². The predicted octanol–water partition coefficient (Wildman–Crippen LogP) is 6.57. The molecule has 0 atom stereocenters. The van der Waals surface area contributed by atoms with Crippen LogP contribution in [0.1, 0.15) is 52.7 Å². The Kier molecular flexibility index (Phi) is 49.1. The van der Waals surface area contributed by atoms with Gasteiger partial charge in [-0.2, -0.15) is 0 Å². The van der Waals surface area contributed by atoms with Crippen LogP contribution in [0.25, 0.3) is 0 Å². The van der Waals surface area contributed by atoms with Crippen LogP contribution in [0.15, 0.2) is 24.3 Å². The second kappa shape index (κ2) is 36.0. The molecule has 4 heteroatoms. The normalized spacial score (nSPS) is 7.56. The van der Waals surface area contributed by atoms with Gasteiger partial charge in [0.05, 0.1) is 0 Å². The van der Waals surface area contributed by atoms with Crippen molar-refractivity contribution in [3.63, 3.8) is 0 Å². The van der Waals surface area contributed by atoms with E-state index in [2.05, 4.69) is 84.3 Å². The number of hydrogen-bond acceptors (Lipinski definition) is 2. The summed E-state index contributed by atoms with van der Waals surface area (Å²) in [6.07, 6.45) is 4.60. The average Bonchev–Trinajstić information content (AvgIpc) is 2.52. The molecule has 0 aliphatic heterocycles. The molecule has 0 aliphatic rings. The Hall–Kier alpha value is -1.03. The monoisotopic (exact) mass is 412 g/mol. The van der Waals surface area contributed by atoms with Crippen molar-refractivity contribution >= 4 is 18.2 Å². The number of hydrogen-bond donors (Lipinski definition) is 0. The first-order valence-electron chi connectivity index (χ1n) is 9.95. The van der Waals surface area contributed by atoms with Gasteiger partial charge in [-0.25, -0.2) is 0 Å². The van der Waals surface area contributed by atoms with Crippen LogP contribution in [0.3, 0.4) is 0 Å². The first-order valence-corrected chi connectivity index (χ1v) is 15.2. The third-order valence-corrected chi connectivity index (χ3v) is 1.63. The lowest BCUT2D eigenvalue weighted by Gasteiger charge is -1.90. The molecule has 0 saturated heterocycles. The molecule has 0 fully saturated rings. The molecule has 2 nitrogen and oxygen atoms in total. The Morgan fingerprint density at radius 1 is 1.00 bits per heavy atom. The van der Waals surface area contributed by atoms with Gasteiger partial charge in [0, 0.05) is 22.7 Å². The summed E-state index contributed by atoms with van der Waals surface area (Å²) < 4.78 is 14.5. The highest BCUT2D eigenvalue weighted by Gasteiger charge is 1.79. The first kappa shape index (κ1) is 36.8. The molecule has 0 spiro atoms. The first-order chi connectivity index (χ1) is 12.5. The predicted molar refractivity (Wildman–Crippen MR) is 132 cm³/mol. The van der Waals surface area contributed by atoms with E-state index >= 15 is 0 Å². The lowest BCUT2D eigenvalue weighted by atomic mass is 10.2. The van der Waals surface area contributed by atoms with Crippen molar-refractivity contribution < 1.29 is 9.20 Å². The third kappa shape index (κ3) is 109. The third-order valence-electron chi connectivity index (χ3n) is 1.63. The molecule has 0 aliphatic carbocycles. The molecular formula is C23H48O2Si2. The lowest BCUT2D eigenvalue weighted by molar-refractivity contribution is 0.162. The fraction of sp³-hybridized carbons (Fsp3) is 0.652. The van der Waals surface area contributed by atoms with Gasteiger partial charge in [-0.15, -0.1) is 12.3 Å². The van der Waals surface area contributed by atoms with E-state index in [0.29, 0.717) is 9.52 Å². The summed E-state index contributed by atoms with van der Waals surface area (Å²) in [6, 6.07) is 8.48. The van der Waals surface area contributed by atoms with Crippen molar-refractivity contribution in [2.75, 3.05) is 13.2 Å². The zero-order chi connectivity index (χ0) is 22.7. The highest BCUT2D eigenvalue weighted by molar-refractivity contribution is 6.38. The zero-order valence-electron chi connectivity index (χ0n) is 20.4. The van der Waals surface area contributed by atoms with E-state index in [1.54, 1.807) is 20.0 Å². The van der Waals surface area contributed by atoms with Gasteiger partial charge in [0.15, 0.2) is 0 Å². The molecule has 0 aromatic heterocycles. The Morgan fingerprint density at radius 2 is 1.15 bits per heavy atom. The van der Waals surface area contributed by atoms with Crippen molar-refractivity contribution in [2.24, 2.45) is 5.92 Å². The van der Waals surface area contributed by atoms with E-state index in [-0.39, 0.29) is 0 Å². The maximum absolute atomic E-state index is 9.63. The molecule has 0 bridgehead atoms. The van der Waals surface area contributed by atoms with Crippen molar-refractivity contribution in [1.82, 2.24) is 0 Å². The molecule has 0 N–H and O–H groups in total. The van der Waals surface area contributed by atoms with Gasteiger partial charge in [0.25, 0.3) is 8.68 Å². The number of rotatable bonds is 2. The number of terminal acetylenes is 1. The van der Waals surface area contributed by atoms with Crippen LogP contribution in [-0.2, 0) is 9.20 Å². The summed E-state index contributed by atoms with van der Waals surface area (Å²) in [6.45, 7) is 26.0. The van der Waals surface area contributed by atoms with E-state index in [4.69, 9.17) is 4.74 Å². The molecule has 1 aromatic rings. The van der Waals surface area contributed by atoms with Gasteiger partial charge in [-0.05, 0) is 53.6 Å². The fourth-order valence-corrected chi connectivity index (χ4v) is 0.841. The smallest absolute Gasteiger partial charge is 0.270 e. The summed E-state index contributed by atoms with van der Waals surface area (Å²) in [4.78, 5) is 0. The van der Waals surface area contributed by atoms with Gasteiger partial charge in [-0.1, -0.05) is 69.3 Å².